The van der Waals surface area contributed by atoms with Gasteiger partial charge in [-0.15, -0.1) is 0 Å². The van der Waals surface area contributed by atoms with Crippen molar-refractivity contribution in [3.8, 4) is 0 Å². The summed E-state index contributed by atoms with van der Waals surface area (Å²) in [4.78, 5) is 4.68. The zero-order chi connectivity index (χ0) is 12.3. The largest absolute Gasteiger partial charge is 0.289 e. The van der Waals surface area contributed by atoms with Gasteiger partial charge >= 0.3 is 0 Å². The van der Waals surface area contributed by atoms with E-state index in [2.05, 4.69) is 25.8 Å². The van der Waals surface area contributed by atoms with Gasteiger partial charge in [0, 0.05) is 11.6 Å². The first kappa shape index (κ1) is 12.9. The molecule has 96 valence electrons. The molecule has 1 nitrogen and oxygen atoms in total. The lowest BCUT2D eigenvalue weighted by Crippen LogP contribution is -2.23. The number of allylic oxidation sites excluding steroid dienone is 1. The summed E-state index contributed by atoms with van der Waals surface area (Å²) in [7, 11) is 0. The van der Waals surface area contributed by atoms with Gasteiger partial charge in [0.1, 0.15) is 0 Å². The van der Waals surface area contributed by atoms with E-state index in [-0.39, 0.29) is 0 Å². The Balaban J connectivity index is 2.07. The zero-order valence-corrected chi connectivity index (χ0v) is 11.8. The number of rotatable bonds is 2. The van der Waals surface area contributed by atoms with E-state index in [0.717, 1.165) is 12.5 Å². The van der Waals surface area contributed by atoms with Crippen molar-refractivity contribution in [3.05, 3.63) is 11.1 Å². The monoisotopic (exact) mass is 233 g/mol. The molecular formula is C16H27N. The van der Waals surface area contributed by atoms with Gasteiger partial charge in [0.25, 0.3) is 0 Å². The third kappa shape index (κ3) is 3.00. The van der Waals surface area contributed by atoms with Crippen LogP contribution in [0.3, 0.4) is 0 Å². The highest BCUT2D eigenvalue weighted by Crippen LogP contribution is 2.36. The standard InChI is InChI=1S/C16H27N/c1-4-6-14-7-5-8-16-13(3)17-11-12(2)15(16)10-9-14/h14,16H,4-11H2,1-3H3. The van der Waals surface area contributed by atoms with Gasteiger partial charge in [-0.3, -0.25) is 4.99 Å². The number of dihydropyridines is 1. The van der Waals surface area contributed by atoms with E-state index in [1.54, 1.807) is 11.1 Å². The van der Waals surface area contributed by atoms with Gasteiger partial charge in [-0.25, -0.2) is 0 Å². The zero-order valence-electron chi connectivity index (χ0n) is 11.8. The van der Waals surface area contributed by atoms with Gasteiger partial charge in [0.2, 0.25) is 0 Å². The normalized spacial score (nSPS) is 30.4. The Kier molecular flexibility index (Phi) is 4.42. The smallest absolute Gasteiger partial charge is 0.0599 e. The molecule has 1 heteroatoms. The van der Waals surface area contributed by atoms with Crippen LogP contribution >= 0.6 is 0 Å². The molecule has 0 N–H and O–H groups in total. The average molecular weight is 233 g/mol. The number of nitrogens with zero attached hydrogens (tertiary/aromatic N) is 1. The third-order valence-electron chi connectivity index (χ3n) is 4.66. The molecule has 0 aromatic carbocycles. The maximum Gasteiger partial charge on any atom is 0.0599 e. The van der Waals surface area contributed by atoms with Gasteiger partial charge < -0.3 is 0 Å². The van der Waals surface area contributed by atoms with Crippen molar-refractivity contribution in [1.29, 1.82) is 0 Å². The molecular weight excluding hydrogens is 206 g/mol. The van der Waals surface area contributed by atoms with Crippen LogP contribution in [-0.4, -0.2) is 12.3 Å². The van der Waals surface area contributed by atoms with Crippen LogP contribution < -0.4 is 0 Å². The lowest BCUT2D eigenvalue weighted by molar-refractivity contribution is 0.368. The molecule has 2 rings (SSSR count). The molecule has 1 aliphatic carbocycles. The molecule has 2 aliphatic rings. The minimum atomic E-state index is 0.700. The lowest BCUT2D eigenvalue weighted by atomic mass is 9.77. The van der Waals surface area contributed by atoms with Crippen molar-refractivity contribution in [1.82, 2.24) is 0 Å². The Labute approximate surface area is 106 Å². The highest BCUT2D eigenvalue weighted by atomic mass is 14.8. The second kappa shape index (κ2) is 5.84. The molecule has 0 amide bonds. The number of hydrogen-bond acceptors (Lipinski definition) is 1. The van der Waals surface area contributed by atoms with Crippen molar-refractivity contribution in [2.24, 2.45) is 16.8 Å². The first-order valence-electron chi connectivity index (χ1n) is 7.41. The Morgan fingerprint density at radius 1 is 1.18 bits per heavy atom. The molecule has 0 saturated heterocycles. The highest BCUT2D eigenvalue weighted by molar-refractivity contribution is 5.88. The number of aliphatic imine (C=N–C) groups is 1. The second-order valence-electron chi connectivity index (χ2n) is 5.94. The molecule has 2 unspecified atom stereocenters. The fourth-order valence-electron chi connectivity index (χ4n) is 3.59. The molecule has 1 fully saturated rings. The minimum absolute atomic E-state index is 0.700. The van der Waals surface area contributed by atoms with Gasteiger partial charge in [-0.1, -0.05) is 43.8 Å². The van der Waals surface area contributed by atoms with Crippen LogP contribution in [-0.2, 0) is 0 Å². The average Bonchev–Trinajstić information content (AvgIpc) is 2.28. The predicted molar refractivity (Wildman–Crippen MR) is 75.6 cm³/mol. The van der Waals surface area contributed by atoms with E-state index >= 15 is 0 Å². The molecule has 0 aromatic rings. The quantitative estimate of drug-likeness (QED) is 0.609. The SMILES string of the molecule is CCCC1CCCC2C(C)=NCC(C)=C2CC1. The Hall–Kier alpha value is -0.590. The van der Waals surface area contributed by atoms with Crippen LogP contribution in [0.15, 0.2) is 16.1 Å². The van der Waals surface area contributed by atoms with Crippen LogP contribution in [0.5, 0.6) is 0 Å². The van der Waals surface area contributed by atoms with Crippen molar-refractivity contribution in [2.75, 3.05) is 6.54 Å². The Morgan fingerprint density at radius 2 is 2.00 bits per heavy atom. The van der Waals surface area contributed by atoms with E-state index in [1.165, 1.54) is 50.7 Å². The second-order valence-corrected chi connectivity index (χ2v) is 5.94. The predicted octanol–water partition coefficient (Wildman–Crippen LogP) is 4.77. The van der Waals surface area contributed by atoms with Crippen molar-refractivity contribution in [2.45, 2.75) is 65.7 Å². The molecule has 1 saturated carbocycles. The summed E-state index contributed by atoms with van der Waals surface area (Å²) in [6, 6.07) is 0. The van der Waals surface area contributed by atoms with Crippen LogP contribution in [0.1, 0.15) is 65.7 Å². The van der Waals surface area contributed by atoms with E-state index in [1.807, 2.05) is 0 Å². The van der Waals surface area contributed by atoms with Crippen molar-refractivity contribution >= 4 is 5.71 Å². The number of fused-ring (bicyclic) bond motifs is 1. The first-order chi connectivity index (χ1) is 8.22. The molecule has 0 aromatic heterocycles. The highest BCUT2D eigenvalue weighted by Gasteiger charge is 2.25. The van der Waals surface area contributed by atoms with Crippen molar-refractivity contribution < 1.29 is 0 Å². The molecule has 0 bridgehead atoms. The third-order valence-corrected chi connectivity index (χ3v) is 4.66. The van der Waals surface area contributed by atoms with E-state index < -0.39 is 0 Å². The molecule has 0 radical (unpaired) electrons. The van der Waals surface area contributed by atoms with E-state index in [9.17, 15) is 0 Å². The fraction of sp³-hybridized carbons (Fsp3) is 0.812. The lowest BCUT2D eigenvalue weighted by Gasteiger charge is -2.31. The van der Waals surface area contributed by atoms with Crippen LogP contribution in [0.2, 0.25) is 0 Å². The van der Waals surface area contributed by atoms with E-state index in [4.69, 9.17) is 0 Å². The van der Waals surface area contributed by atoms with Gasteiger partial charge in [-0.2, -0.15) is 0 Å². The van der Waals surface area contributed by atoms with Gasteiger partial charge in [-0.05, 0) is 39.0 Å². The van der Waals surface area contributed by atoms with Crippen LogP contribution in [0.25, 0.3) is 0 Å². The summed E-state index contributed by atoms with van der Waals surface area (Å²) in [6.45, 7) is 7.83. The molecule has 1 heterocycles. The fourth-order valence-corrected chi connectivity index (χ4v) is 3.59. The van der Waals surface area contributed by atoms with Gasteiger partial charge in [0.05, 0.1) is 6.54 Å². The Morgan fingerprint density at radius 3 is 2.76 bits per heavy atom. The maximum absolute atomic E-state index is 4.68. The van der Waals surface area contributed by atoms with E-state index in [0.29, 0.717) is 5.92 Å². The maximum atomic E-state index is 4.68. The minimum Gasteiger partial charge on any atom is -0.289 e. The molecule has 17 heavy (non-hydrogen) atoms. The summed E-state index contributed by atoms with van der Waals surface area (Å²) in [5.74, 6) is 1.69. The van der Waals surface area contributed by atoms with Crippen LogP contribution in [0, 0.1) is 11.8 Å². The molecule has 2 atom stereocenters. The van der Waals surface area contributed by atoms with Crippen molar-refractivity contribution in [3.63, 3.8) is 0 Å². The van der Waals surface area contributed by atoms with Gasteiger partial charge in [0.15, 0.2) is 0 Å². The summed E-state index contributed by atoms with van der Waals surface area (Å²) >= 11 is 0. The molecule has 1 aliphatic heterocycles. The molecule has 0 spiro atoms. The topological polar surface area (TPSA) is 12.4 Å². The Bertz CT molecular complexity index is 324. The summed E-state index contributed by atoms with van der Waals surface area (Å²) in [5.41, 5.74) is 4.72. The van der Waals surface area contributed by atoms with Crippen LogP contribution in [0.4, 0.5) is 0 Å². The first-order valence-corrected chi connectivity index (χ1v) is 7.41. The summed E-state index contributed by atoms with van der Waals surface area (Å²) in [6.07, 6.45) is 9.75. The summed E-state index contributed by atoms with van der Waals surface area (Å²) in [5, 5.41) is 0. The number of hydrogen-bond donors (Lipinski definition) is 0. The summed E-state index contributed by atoms with van der Waals surface area (Å²) < 4.78 is 0.